The van der Waals surface area contributed by atoms with Gasteiger partial charge in [0, 0.05) is 18.4 Å². The Labute approximate surface area is 111 Å². The molecule has 2 rings (SSSR count). The molecule has 2 heterocycles. The normalized spacial score (nSPS) is 12.2. The first-order chi connectivity index (χ1) is 9.11. The Morgan fingerprint density at radius 3 is 3.05 bits per heavy atom. The minimum atomic E-state index is -0.392. The number of aromatic nitrogens is 3. The zero-order chi connectivity index (χ0) is 13.8. The highest BCUT2D eigenvalue weighted by Crippen LogP contribution is 2.13. The summed E-state index contributed by atoms with van der Waals surface area (Å²) in [5, 5.41) is 4.10. The predicted molar refractivity (Wildman–Crippen MR) is 69.9 cm³/mol. The van der Waals surface area contributed by atoms with Crippen LogP contribution in [-0.2, 0) is 4.74 Å². The second-order valence-corrected chi connectivity index (χ2v) is 4.13. The van der Waals surface area contributed by atoms with Crippen LogP contribution in [0.1, 0.15) is 35.8 Å². The van der Waals surface area contributed by atoms with Crippen LogP contribution in [0.4, 0.5) is 0 Å². The van der Waals surface area contributed by atoms with Gasteiger partial charge in [-0.25, -0.2) is 14.5 Å². The van der Waals surface area contributed by atoms with E-state index >= 15 is 0 Å². The van der Waals surface area contributed by atoms with E-state index < -0.39 is 5.97 Å². The van der Waals surface area contributed by atoms with Gasteiger partial charge in [-0.05, 0) is 31.5 Å². The summed E-state index contributed by atoms with van der Waals surface area (Å²) < 4.78 is 6.43. The molecule has 6 heteroatoms. The van der Waals surface area contributed by atoms with E-state index in [2.05, 4.69) is 10.1 Å². The van der Waals surface area contributed by atoms with Crippen LogP contribution in [0.15, 0.2) is 30.7 Å². The van der Waals surface area contributed by atoms with Crippen molar-refractivity contribution in [2.45, 2.75) is 19.9 Å². The highest BCUT2D eigenvalue weighted by Gasteiger charge is 2.11. The third-order valence-corrected chi connectivity index (χ3v) is 2.62. The molecule has 0 aliphatic carbocycles. The average Bonchev–Trinajstić information content (AvgIpc) is 2.89. The summed E-state index contributed by atoms with van der Waals surface area (Å²) in [7, 11) is 0. The van der Waals surface area contributed by atoms with Crippen LogP contribution in [0.5, 0.6) is 0 Å². The van der Waals surface area contributed by atoms with Crippen molar-refractivity contribution < 1.29 is 9.53 Å². The second-order valence-electron chi connectivity index (χ2n) is 4.13. The van der Waals surface area contributed by atoms with Crippen molar-refractivity contribution in [1.82, 2.24) is 14.8 Å². The van der Waals surface area contributed by atoms with Crippen LogP contribution in [0, 0.1) is 0 Å². The quantitative estimate of drug-likeness (QED) is 0.841. The average molecular weight is 260 g/mol. The summed E-state index contributed by atoms with van der Waals surface area (Å²) in [4.78, 5) is 15.8. The number of hydrogen-bond donors (Lipinski definition) is 1. The SMILES string of the molecule is CCOC(=O)c1cnn(-c2cc([C@H](C)N)ccn2)c1. The van der Waals surface area contributed by atoms with Gasteiger partial charge in [0.1, 0.15) is 0 Å². The van der Waals surface area contributed by atoms with E-state index in [1.165, 1.54) is 10.9 Å². The Morgan fingerprint density at radius 1 is 1.58 bits per heavy atom. The lowest BCUT2D eigenvalue weighted by Gasteiger charge is -2.07. The molecular weight excluding hydrogens is 244 g/mol. The first kappa shape index (κ1) is 13.2. The molecule has 19 heavy (non-hydrogen) atoms. The topological polar surface area (TPSA) is 83.0 Å². The lowest BCUT2D eigenvalue weighted by Crippen LogP contribution is -2.07. The molecule has 2 aromatic heterocycles. The fraction of sp³-hybridized carbons (Fsp3) is 0.308. The molecular formula is C13H16N4O2. The van der Waals surface area contributed by atoms with Crippen LogP contribution >= 0.6 is 0 Å². The van der Waals surface area contributed by atoms with Gasteiger partial charge in [0.25, 0.3) is 0 Å². The highest BCUT2D eigenvalue weighted by atomic mass is 16.5. The number of esters is 1. The van der Waals surface area contributed by atoms with Crippen LogP contribution in [0.25, 0.3) is 5.82 Å². The molecule has 0 unspecified atom stereocenters. The summed E-state index contributed by atoms with van der Waals surface area (Å²) >= 11 is 0. The zero-order valence-corrected chi connectivity index (χ0v) is 10.9. The van der Waals surface area contributed by atoms with Gasteiger partial charge in [-0.3, -0.25) is 0 Å². The molecule has 0 aliphatic heterocycles. The Morgan fingerprint density at radius 2 is 2.37 bits per heavy atom. The third-order valence-electron chi connectivity index (χ3n) is 2.62. The molecule has 0 spiro atoms. The standard InChI is InChI=1S/C13H16N4O2/c1-3-19-13(18)11-7-16-17(8-11)12-6-10(9(2)14)4-5-15-12/h4-9H,3,14H2,1-2H3/t9-/m0/s1. The van der Waals surface area contributed by atoms with Crippen molar-refractivity contribution >= 4 is 5.97 Å². The number of nitrogens with two attached hydrogens (primary N) is 1. The van der Waals surface area contributed by atoms with E-state index in [0.29, 0.717) is 18.0 Å². The summed E-state index contributed by atoms with van der Waals surface area (Å²) in [5.74, 6) is 0.224. The van der Waals surface area contributed by atoms with Gasteiger partial charge in [0.05, 0.1) is 18.4 Å². The molecule has 0 saturated heterocycles. The van der Waals surface area contributed by atoms with E-state index in [9.17, 15) is 4.79 Å². The van der Waals surface area contributed by atoms with Gasteiger partial charge in [-0.15, -0.1) is 0 Å². The number of carbonyl (C=O) groups is 1. The molecule has 0 amide bonds. The Kier molecular flexibility index (Phi) is 3.91. The van der Waals surface area contributed by atoms with E-state index in [1.807, 2.05) is 19.1 Å². The minimum absolute atomic E-state index is 0.0816. The second kappa shape index (κ2) is 5.62. The zero-order valence-electron chi connectivity index (χ0n) is 10.9. The Hall–Kier alpha value is -2.21. The van der Waals surface area contributed by atoms with Gasteiger partial charge in [-0.2, -0.15) is 5.10 Å². The number of ether oxygens (including phenoxy) is 1. The van der Waals surface area contributed by atoms with Gasteiger partial charge < -0.3 is 10.5 Å². The molecule has 2 N–H and O–H groups in total. The van der Waals surface area contributed by atoms with Crippen molar-refractivity contribution in [3.63, 3.8) is 0 Å². The van der Waals surface area contributed by atoms with Crippen molar-refractivity contribution in [2.24, 2.45) is 5.73 Å². The van der Waals surface area contributed by atoms with Crippen molar-refractivity contribution in [2.75, 3.05) is 6.61 Å². The van der Waals surface area contributed by atoms with Gasteiger partial charge in [0.15, 0.2) is 5.82 Å². The fourth-order valence-electron chi connectivity index (χ4n) is 1.61. The first-order valence-electron chi connectivity index (χ1n) is 6.05. The van der Waals surface area contributed by atoms with E-state index in [4.69, 9.17) is 10.5 Å². The van der Waals surface area contributed by atoms with Crippen LogP contribution in [0.2, 0.25) is 0 Å². The summed E-state index contributed by atoms with van der Waals surface area (Å²) in [6, 6.07) is 3.61. The molecule has 0 aromatic carbocycles. The van der Waals surface area contributed by atoms with Crippen LogP contribution < -0.4 is 5.73 Å². The Balaban J connectivity index is 2.27. The number of carbonyl (C=O) groups excluding carboxylic acids is 1. The van der Waals surface area contributed by atoms with Crippen molar-refractivity contribution in [3.8, 4) is 5.82 Å². The van der Waals surface area contributed by atoms with E-state index in [0.717, 1.165) is 5.56 Å². The largest absolute Gasteiger partial charge is 0.462 e. The van der Waals surface area contributed by atoms with Crippen molar-refractivity contribution in [3.05, 3.63) is 41.9 Å². The molecule has 1 atom stereocenters. The molecule has 0 bridgehead atoms. The predicted octanol–water partition coefficient (Wildman–Crippen LogP) is 1.46. The first-order valence-corrected chi connectivity index (χ1v) is 6.05. The maximum absolute atomic E-state index is 11.5. The molecule has 6 nitrogen and oxygen atoms in total. The Bertz CT molecular complexity index is 578. The van der Waals surface area contributed by atoms with Gasteiger partial charge in [-0.1, -0.05) is 0 Å². The molecule has 2 aromatic rings. The molecule has 0 fully saturated rings. The summed E-state index contributed by atoms with van der Waals surface area (Å²) in [6.07, 6.45) is 4.71. The molecule has 100 valence electrons. The third kappa shape index (κ3) is 2.97. The fourth-order valence-corrected chi connectivity index (χ4v) is 1.61. The molecule has 0 radical (unpaired) electrons. The molecule has 0 aliphatic rings. The van der Waals surface area contributed by atoms with E-state index in [-0.39, 0.29) is 6.04 Å². The number of hydrogen-bond acceptors (Lipinski definition) is 5. The van der Waals surface area contributed by atoms with Gasteiger partial charge in [0.2, 0.25) is 0 Å². The maximum atomic E-state index is 11.5. The van der Waals surface area contributed by atoms with Crippen molar-refractivity contribution in [1.29, 1.82) is 0 Å². The maximum Gasteiger partial charge on any atom is 0.341 e. The highest BCUT2D eigenvalue weighted by molar-refractivity contribution is 5.88. The van der Waals surface area contributed by atoms with E-state index in [1.54, 1.807) is 19.3 Å². The number of rotatable bonds is 4. The summed E-state index contributed by atoms with van der Waals surface area (Å²) in [6.45, 7) is 3.99. The smallest absolute Gasteiger partial charge is 0.341 e. The van der Waals surface area contributed by atoms with Crippen LogP contribution in [0.3, 0.4) is 0 Å². The van der Waals surface area contributed by atoms with Crippen LogP contribution in [-0.4, -0.2) is 27.3 Å². The number of pyridine rings is 1. The lowest BCUT2D eigenvalue weighted by atomic mass is 10.1. The number of nitrogens with zero attached hydrogens (tertiary/aromatic N) is 3. The van der Waals surface area contributed by atoms with Gasteiger partial charge >= 0.3 is 5.97 Å². The monoisotopic (exact) mass is 260 g/mol. The summed E-state index contributed by atoms with van der Waals surface area (Å²) in [5.41, 5.74) is 7.18. The lowest BCUT2D eigenvalue weighted by molar-refractivity contribution is 0.0526. The minimum Gasteiger partial charge on any atom is -0.462 e. The molecule has 0 saturated carbocycles.